The van der Waals surface area contributed by atoms with Gasteiger partial charge in [-0.25, -0.2) is 9.97 Å². The molecule has 1 aliphatic heterocycles. The molecule has 2 amide bonds. The minimum Gasteiger partial charge on any atom is -0.366 e. The summed E-state index contributed by atoms with van der Waals surface area (Å²) < 4.78 is 0. The van der Waals surface area contributed by atoms with Gasteiger partial charge in [0.15, 0.2) is 0 Å². The number of nitrogens with zero attached hydrogens (tertiary/aromatic N) is 2. The highest BCUT2D eigenvalue weighted by atomic mass is 16.2. The maximum absolute atomic E-state index is 13.1. The fraction of sp³-hybridized carbons (Fsp3) is 0.161. The number of imidazole rings is 1. The number of anilines is 2. The fourth-order valence-electron chi connectivity index (χ4n) is 4.43. The van der Waals surface area contributed by atoms with Crippen molar-refractivity contribution in [3.05, 3.63) is 112 Å². The smallest absolute Gasteiger partial charge is 0.256 e. The summed E-state index contributed by atoms with van der Waals surface area (Å²) in [7, 11) is 0. The van der Waals surface area contributed by atoms with Crippen molar-refractivity contribution in [3.8, 4) is 0 Å². The van der Waals surface area contributed by atoms with E-state index in [1.54, 1.807) is 36.9 Å². The molecule has 8 nitrogen and oxygen atoms in total. The van der Waals surface area contributed by atoms with Gasteiger partial charge in [0.1, 0.15) is 5.82 Å². The van der Waals surface area contributed by atoms with Gasteiger partial charge in [0.2, 0.25) is 0 Å². The number of aryl methyl sites for hydroxylation is 2. The van der Waals surface area contributed by atoms with E-state index < -0.39 is 0 Å². The zero-order chi connectivity index (χ0) is 27.4. The molecule has 3 heterocycles. The van der Waals surface area contributed by atoms with Gasteiger partial charge in [0, 0.05) is 24.0 Å². The van der Waals surface area contributed by atoms with Crippen molar-refractivity contribution >= 4 is 41.0 Å². The third kappa shape index (κ3) is 5.80. The summed E-state index contributed by atoms with van der Waals surface area (Å²) in [5.41, 5.74) is 7.89. The van der Waals surface area contributed by atoms with Gasteiger partial charge in [0.25, 0.3) is 11.8 Å². The first-order chi connectivity index (χ1) is 18.9. The number of hydrogen-bond donors (Lipinski definition) is 4. The van der Waals surface area contributed by atoms with Crippen molar-refractivity contribution in [2.24, 2.45) is 0 Å². The molecule has 1 atom stereocenters. The summed E-state index contributed by atoms with van der Waals surface area (Å²) in [6.45, 7) is 6.59. The summed E-state index contributed by atoms with van der Waals surface area (Å²) >= 11 is 0. The number of carbonyl (C=O) groups is 2. The highest BCUT2D eigenvalue weighted by Crippen LogP contribution is 2.33. The number of aromatic amines is 1. The lowest BCUT2D eigenvalue weighted by Gasteiger charge is -2.17. The Morgan fingerprint density at radius 1 is 1.10 bits per heavy atom. The number of nitrogens with one attached hydrogen (secondary N) is 4. The van der Waals surface area contributed by atoms with Gasteiger partial charge in [-0.05, 0) is 67.3 Å². The molecule has 2 aromatic carbocycles. The fourth-order valence-corrected chi connectivity index (χ4v) is 4.43. The second kappa shape index (κ2) is 11.2. The molecule has 0 radical (unpaired) electrons. The molecule has 196 valence electrons. The van der Waals surface area contributed by atoms with E-state index in [1.165, 1.54) is 11.1 Å². The van der Waals surface area contributed by atoms with Crippen molar-refractivity contribution in [3.63, 3.8) is 0 Å². The van der Waals surface area contributed by atoms with E-state index >= 15 is 0 Å². The first kappa shape index (κ1) is 25.7. The number of fused-ring (bicyclic) bond motifs is 1. The van der Waals surface area contributed by atoms with E-state index in [4.69, 9.17) is 0 Å². The summed E-state index contributed by atoms with van der Waals surface area (Å²) in [5, 5.41) is 9.24. The Balaban J connectivity index is 1.22. The second-order valence-electron chi connectivity index (χ2n) is 9.55. The van der Waals surface area contributed by atoms with Crippen LogP contribution in [0, 0.1) is 13.8 Å². The molecule has 0 saturated heterocycles. The lowest BCUT2D eigenvalue weighted by molar-refractivity contribution is -0.110. The molecule has 0 aliphatic carbocycles. The summed E-state index contributed by atoms with van der Waals surface area (Å²) in [6.07, 6.45) is 10.6. The molecule has 0 fully saturated rings. The number of H-pyrrole nitrogens is 1. The van der Waals surface area contributed by atoms with E-state index in [0.29, 0.717) is 23.5 Å². The SMILES string of the molecule is Cc1ccc([C@H](C)NC(=O)c2cccnc2NC/C=C/c2ccc3c(c2)NC(=O)/C3=C\c2cnc[nH]2)cc1C. The van der Waals surface area contributed by atoms with E-state index in [2.05, 4.69) is 56.9 Å². The maximum Gasteiger partial charge on any atom is 0.256 e. The van der Waals surface area contributed by atoms with Crippen LogP contribution in [-0.2, 0) is 4.79 Å². The zero-order valence-corrected chi connectivity index (χ0v) is 22.1. The molecule has 0 bridgehead atoms. The maximum atomic E-state index is 13.1. The Hall–Kier alpha value is -4.98. The number of pyridine rings is 1. The van der Waals surface area contributed by atoms with Gasteiger partial charge in [-0.3, -0.25) is 9.59 Å². The lowest BCUT2D eigenvalue weighted by atomic mass is 10.0. The molecule has 0 unspecified atom stereocenters. The number of carbonyl (C=O) groups excluding carboxylic acids is 2. The highest BCUT2D eigenvalue weighted by Gasteiger charge is 2.24. The van der Waals surface area contributed by atoms with Crippen molar-refractivity contribution in [2.45, 2.75) is 26.8 Å². The van der Waals surface area contributed by atoms with Crippen LogP contribution in [0.15, 0.2) is 73.3 Å². The van der Waals surface area contributed by atoms with Crippen molar-refractivity contribution in [1.82, 2.24) is 20.3 Å². The van der Waals surface area contributed by atoms with E-state index in [1.807, 2.05) is 43.3 Å². The quantitative estimate of drug-likeness (QED) is 0.229. The number of hydrogen-bond acceptors (Lipinski definition) is 5. The Labute approximate surface area is 227 Å². The second-order valence-corrected chi connectivity index (χ2v) is 9.55. The van der Waals surface area contributed by atoms with Crippen molar-refractivity contribution in [1.29, 1.82) is 0 Å². The van der Waals surface area contributed by atoms with Gasteiger partial charge >= 0.3 is 0 Å². The summed E-state index contributed by atoms with van der Waals surface area (Å²) in [4.78, 5) is 36.9. The zero-order valence-electron chi connectivity index (χ0n) is 22.1. The van der Waals surface area contributed by atoms with Crippen molar-refractivity contribution in [2.75, 3.05) is 17.2 Å². The summed E-state index contributed by atoms with van der Waals surface area (Å²) in [5.74, 6) is 0.186. The molecule has 1 aliphatic rings. The monoisotopic (exact) mass is 518 g/mol. The molecule has 8 heteroatoms. The van der Waals surface area contributed by atoms with Gasteiger partial charge in [0.05, 0.1) is 35.4 Å². The largest absolute Gasteiger partial charge is 0.366 e. The molecule has 5 rings (SSSR count). The van der Waals surface area contributed by atoms with E-state index in [9.17, 15) is 9.59 Å². The third-order valence-corrected chi connectivity index (χ3v) is 6.77. The van der Waals surface area contributed by atoms with Crippen LogP contribution in [0.3, 0.4) is 0 Å². The first-order valence-electron chi connectivity index (χ1n) is 12.8. The first-order valence-corrected chi connectivity index (χ1v) is 12.8. The molecule has 4 N–H and O–H groups in total. The molecule has 2 aromatic heterocycles. The number of rotatable bonds is 8. The topological polar surface area (TPSA) is 112 Å². The Morgan fingerprint density at radius 2 is 1.97 bits per heavy atom. The predicted octanol–water partition coefficient (Wildman–Crippen LogP) is 5.53. The molecular formula is C31H30N6O2. The van der Waals surface area contributed by atoms with Crippen LogP contribution in [0.25, 0.3) is 17.7 Å². The normalized spacial score (nSPS) is 14.3. The molecule has 0 spiro atoms. The van der Waals surface area contributed by atoms with Gasteiger partial charge in [-0.15, -0.1) is 0 Å². The van der Waals surface area contributed by atoms with E-state index in [0.717, 1.165) is 28.1 Å². The molecule has 0 saturated carbocycles. The van der Waals surface area contributed by atoms with Crippen LogP contribution in [0.1, 0.15) is 56.8 Å². The predicted molar refractivity (Wildman–Crippen MR) is 155 cm³/mol. The van der Waals surface area contributed by atoms with Gasteiger partial charge in [-0.2, -0.15) is 0 Å². The number of amides is 2. The van der Waals surface area contributed by atoms with Crippen LogP contribution < -0.4 is 16.0 Å². The van der Waals surface area contributed by atoms with Gasteiger partial charge in [-0.1, -0.05) is 42.5 Å². The van der Waals surface area contributed by atoms with Crippen molar-refractivity contribution < 1.29 is 9.59 Å². The summed E-state index contributed by atoms with van der Waals surface area (Å²) in [6, 6.07) is 15.4. The Bertz CT molecular complexity index is 1590. The third-order valence-electron chi connectivity index (χ3n) is 6.77. The molecular weight excluding hydrogens is 488 g/mol. The average molecular weight is 519 g/mol. The average Bonchev–Trinajstić information content (AvgIpc) is 3.55. The van der Waals surface area contributed by atoms with Crippen LogP contribution in [0.2, 0.25) is 0 Å². The number of aromatic nitrogens is 3. The van der Waals surface area contributed by atoms with Crippen LogP contribution in [0.4, 0.5) is 11.5 Å². The lowest BCUT2D eigenvalue weighted by Crippen LogP contribution is -2.27. The van der Waals surface area contributed by atoms with Crippen LogP contribution in [0.5, 0.6) is 0 Å². The van der Waals surface area contributed by atoms with Crippen LogP contribution in [-0.4, -0.2) is 33.3 Å². The molecule has 4 aromatic rings. The molecule has 39 heavy (non-hydrogen) atoms. The Morgan fingerprint density at radius 3 is 2.77 bits per heavy atom. The minimum absolute atomic E-state index is 0.139. The minimum atomic E-state index is -0.186. The number of benzene rings is 2. The Kier molecular flexibility index (Phi) is 7.36. The van der Waals surface area contributed by atoms with Gasteiger partial charge < -0.3 is 20.9 Å². The van der Waals surface area contributed by atoms with Crippen LogP contribution >= 0.6 is 0 Å². The highest BCUT2D eigenvalue weighted by molar-refractivity contribution is 6.34. The standard InChI is InChI=1S/C31H30N6O2/c1-19-8-10-23(14-20(19)2)21(3)36-30(38)26-7-5-13-34-29(26)33-12-4-6-22-9-11-25-27(16-24-17-32-18-35-24)31(39)37-28(25)15-22/h4-11,13-18,21H,12H2,1-3H3,(H,32,35)(H,33,34)(H,36,38)(H,37,39)/b6-4+,27-16-/t21-/m0/s1. The van der Waals surface area contributed by atoms with E-state index in [-0.39, 0.29) is 17.9 Å².